The molecule has 3 nitrogen and oxygen atoms in total. The normalized spacial score (nSPS) is 10.9. The molecule has 3 heteroatoms. The van der Waals surface area contributed by atoms with E-state index in [4.69, 9.17) is 0 Å². The van der Waals surface area contributed by atoms with E-state index >= 15 is 0 Å². The fourth-order valence-electron chi connectivity index (χ4n) is 1.97. The molecule has 2 rings (SSSR count). The van der Waals surface area contributed by atoms with Gasteiger partial charge in [0.2, 0.25) is 0 Å². The van der Waals surface area contributed by atoms with E-state index in [-0.39, 0.29) is 0 Å². The third-order valence-electron chi connectivity index (χ3n) is 2.92. The average Bonchev–Trinajstić information content (AvgIpc) is 2.71. The number of rotatable bonds is 3. The summed E-state index contributed by atoms with van der Waals surface area (Å²) in [5.41, 5.74) is 4.55. The highest BCUT2D eigenvalue weighted by atomic mass is 14.9. The molecule has 0 radical (unpaired) electrons. The van der Waals surface area contributed by atoms with Crippen LogP contribution in [0.3, 0.4) is 0 Å². The Bertz CT molecular complexity index is 495. The Balaban J connectivity index is 2.36. The van der Waals surface area contributed by atoms with Crippen LogP contribution in [-0.4, -0.2) is 17.0 Å². The number of aromatic nitrogens is 2. The first-order valence-corrected chi connectivity index (χ1v) is 5.96. The SMILES string of the molecule is CNc1ccc(-c2nc(C(C)C)c(C)[nH]2)cc1. The zero-order valence-corrected chi connectivity index (χ0v) is 10.8. The van der Waals surface area contributed by atoms with Crippen molar-refractivity contribution < 1.29 is 0 Å². The lowest BCUT2D eigenvalue weighted by molar-refractivity contribution is 0.823. The number of aryl methyl sites for hydroxylation is 1. The van der Waals surface area contributed by atoms with Crippen molar-refractivity contribution in [3.8, 4) is 11.4 Å². The quantitative estimate of drug-likeness (QED) is 0.845. The minimum atomic E-state index is 0.455. The van der Waals surface area contributed by atoms with Gasteiger partial charge in [-0.05, 0) is 37.1 Å². The Morgan fingerprint density at radius 1 is 1.18 bits per heavy atom. The van der Waals surface area contributed by atoms with Crippen molar-refractivity contribution in [3.05, 3.63) is 35.7 Å². The van der Waals surface area contributed by atoms with E-state index in [1.807, 2.05) is 7.05 Å². The fourth-order valence-corrected chi connectivity index (χ4v) is 1.97. The van der Waals surface area contributed by atoms with Gasteiger partial charge in [0.1, 0.15) is 5.82 Å². The number of benzene rings is 1. The van der Waals surface area contributed by atoms with Crippen molar-refractivity contribution in [2.75, 3.05) is 12.4 Å². The third-order valence-corrected chi connectivity index (χ3v) is 2.92. The van der Waals surface area contributed by atoms with Crippen molar-refractivity contribution in [2.45, 2.75) is 26.7 Å². The lowest BCUT2D eigenvalue weighted by Gasteiger charge is -2.01. The summed E-state index contributed by atoms with van der Waals surface area (Å²) in [5, 5.41) is 3.11. The number of aromatic amines is 1. The maximum atomic E-state index is 4.66. The fraction of sp³-hybridized carbons (Fsp3) is 0.357. The number of anilines is 1. The second kappa shape index (κ2) is 4.62. The predicted octanol–water partition coefficient (Wildman–Crippen LogP) is 3.55. The molecular formula is C14H19N3. The van der Waals surface area contributed by atoms with Crippen LogP contribution in [0, 0.1) is 6.92 Å². The number of hydrogen-bond donors (Lipinski definition) is 2. The summed E-state index contributed by atoms with van der Waals surface area (Å²) in [7, 11) is 1.92. The van der Waals surface area contributed by atoms with Gasteiger partial charge in [0.25, 0.3) is 0 Å². The lowest BCUT2D eigenvalue weighted by Crippen LogP contribution is -1.90. The minimum absolute atomic E-state index is 0.455. The average molecular weight is 229 g/mol. The monoisotopic (exact) mass is 229 g/mol. The number of H-pyrrole nitrogens is 1. The number of nitrogens with zero attached hydrogens (tertiary/aromatic N) is 1. The summed E-state index contributed by atoms with van der Waals surface area (Å²) in [6.07, 6.45) is 0. The molecule has 0 aliphatic heterocycles. The van der Waals surface area contributed by atoms with Gasteiger partial charge in [0.15, 0.2) is 0 Å². The molecule has 17 heavy (non-hydrogen) atoms. The number of hydrogen-bond acceptors (Lipinski definition) is 2. The van der Waals surface area contributed by atoms with Gasteiger partial charge >= 0.3 is 0 Å². The molecule has 1 aromatic heterocycles. The molecule has 90 valence electrons. The van der Waals surface area contributed by atoms with E-state index in [9.17, 15) is 0 Å². The first kappa shape index (κ1) is 11.7. The Kier molecular flexibility index (Phi) is 3.18. The van der Waals surface area contributed by atoms with Crippen molar-refractivity contribution >= 4 is 5.69 Å². The van der Waals surface area contributed by atoms with Gasteiger partial charge in [-0.15, -0.1) is 0 Å². The molecule has 0 saturated heterocycles. The van der Waals surface area contributed by atoms with Gasteiger partial charge in [-0.25, -0.2) is 4.98 Å². The van der Waals surface area contributed by atoms with E-state index < -0.39 is 0 Å². The highest BCUT2D eigenvalue weighted by Gasteiger charge is 2.10. The van der Waals surface area contributed by atoms with Gasteiger partial charge in [0, 0.05) is 24.0 Å². The topological polar surface area (TPSA) is 40.7 Å². The van der Waals surface area contributed by atoms with Crippen LogP contribution in [0.25, 0.3) is 11.4 Å². The zero-order chi connectivity index (χ0) is 12.4. The van der Waals surface area contributed by atoms with Crippen LogP contribution in [0.5, 0.6) is 0 Å². The first-order chi connectivity index (χ1) is 8.11. The van der Waals surface area contributed by atoms with E-state index in [1.165, 1.54) is 0 Å². The van der Waals surface area contributed by atoms with Crippen molar-refractivity contribution in [1.82, 2.24) is 9.97 Å². The first-order valence-electron chi connectivity index (χ1n) is 5.96. The maximum absolute atomic E-state index is 4.66. The highest BCUT2D eigenvalue weighted by molar-refractivity contribution is 5.60. The molecule has 1 heterocycles. The largest absolute Gasteiger partial charge is 0.388 e. The van der Waals surface area contributed by atoms with Crippen LogP contribution in [-0.2, 0) is 0 Å². The van der Waals surface area contributed by atoms with Gasteiger partial charge < -0.3 is 10.3 Å². The molecule has 0 unspecified atom stereocenters. The van der Waals surface area contributed by atoms with Crippen LogP contribution in [0.1, 0.15) is 31.2 Å². The molecule has 0 amide bonds. The Morgan fingerprint density at radius 3 is 2.29 bits per heavy atom. The lowest BCUT2D eigenvalue weighted by atomic mass is 10.1. The Labute approximate surface area is 102 Å². The van der Waals surface area contributed by atoms with Crippen LogP contribution in [0.4, 0.5) is 5.69 Å². The molecule has 0 aliphatic rings. The smallest absolute Gasteiger partial charge is 0.137 e. The molecule has 0 spiro atoms. The summed E-state index contributed by atoms with van der Waals surface area (Å²) in [5.74, 6) is 1.41. The van der Waals surface area contributed by atoms with Crippen molar-refractivity contribution in [3.63, 3.8) is 0 Å². The van der Waals surface area contributed by atoms with E-state index in [0.29, 0.717) is 5.92 Å². The summed E-state index contributed by atoms with van der Waals surface area (Å²) in [4.78, 5) is 8.01. The summed E-state index contributed by atoms with van der Waals surface area (Å²) >= 11 is 0. The molecule has 2 N–H and O–H groups in total. The molecule has 0 saturated carbocycles. The maximum Gasteiger partial charge on any atom is 0.137 e. The minimum Gasteiger partial charge on any atom is -0.388 e. The summed E-state index contributed by atoms with van der Waals surface area (Å²) in [6.45, 7) is 6.40. The second-order valence-electron chi connectivity index (χ2n) is 4.58. The van der Waals surface area contributed by atoms with Crippen LogP contribution in [0.2, 0.25) is 0 Å². The predicted molar refractivity (Wildman–Crippen MR) is 72.4 cm³/mol. The Morgan fingerprint density at radius 2 is 1.82 bits per heavy atom. The second-order valence-corrected chi connectivity index (χ2v) is 4.58. The van der Waals surface area contributed by atoms with Crippen LogP contribution < -0.4 is 5.32 Å². The molecule has 2 aromatic rings. The standard InChI is InChI=1S/C14H19N3/c1-9(2)13-10(3)16-14(17-13)11-5-7-12(15-4)8-6-11/h5-9,15H,1-4H3,(H,16,17). The van der Waals surface area contributed by atoms with Crippen LogP contribution in [0.15, 0.2) is 24.3 Å². The van der Waals surface area contributed by atoms with Gasteiger partial charge in [0.05, 0.1) is 5.69 Å². The molecular weight excluding hydrogens is 210 g/mol. The van der Waals surface area contributed by atoms with E-state index in [1.54, 1.807) is 0 Å². The Hall–Kier alpha value is -1.77. The summed E-state index contributed by atoms with van der Waals surface area (Å²) < 4.78 is 0. The van der Waals surface area contributed by atoms with E-state index in [0.717, 1.165) is 28.5 Å². The molecule has 0 bridgehead atoms. The summed E-state index contributed by atoms with van der Waals surface area (Å²) in [6, 6.07) is 8.27. The van der Waals surface area contributed by atoms with Crippen molar-refractivity contribution in [2.24, 2.45) is 0 Å². The number of imidazole rings is 1. The zero-order valence-electron chi connectivity index (χ0n) is 10.8. The molecule has 0 fully saturated rings. The molecule has 0 aliphatic carbocycles. The molecule has 0 atom stereocenters. The van der Waals surface area contributed by atoms with Gasteiger partial charge in [-0.1, -0.05) is 13.8 Å². The number of nitrogens with one attached hydrogen (secondary N) is 2. The molecule has 1 aromatic carbocycles. The third kappa shape index (κ3) is 2.33. The van der Waals surface area contributed by atoms with Crippen LogP contribution >= 0.6 is 0 Å². The van der Waals surface area contributed by atoms with Gasteiger partial charge in [-0.3, -0.25) is 0 Å². The van der Waals surface area contributed by atoms with Gasteiger partial charge in [-0.2, -0.15) is 0 Å². The van der Waals surface area contributed by atoms with E-state index in [2.05, 4.69) is 60.3 Å². The van der Waals surface area contributed by atoms with Crippen molar-refractivity contribution in [1.29, 1.82) is 0 Å². The highest BCUT2D eigenvalue weighted by Crippen LogP contribution is 2.23.